The second kappa shape index (κ2) is 9.14. The lowest BCUT2D eigenvalue weighted by molar-refractivity contribution is -0.138. The van der Waals surface area contributed by atoms with Crippen LogP contribution in [0, 0.1) is 6.92 Å². The Morgan fingerprint density at radius 2 is 1.84 bits per heavy atom. The van der Waals surface area contributed by atoms with Crippen molar-refractivity contribution in [3.63, 3.8) is 0 Å². The van der Waals surface area contributed by atoms with Gasteiger partial charge in [0.05, 0.1) is 18.2 Å². The molecule has 1 fully saturated rings. The van der Waals surface area contributed by atoms with E-state index in [1.807, 2.05) is 54.6 Å². The van der Waals surface area contributed by atoms with Gasteiger partial charge in [-0.2, -0.15) is 0 Å². The Kier molecular flexibility index (Phi) is 6.13. The highest BCUT2D eigenvalue weighted by Gasteiger charge is 2.38. The van der Waals surface area contributed by atoms with Crippen LogP contribution in [0.5, 0.6) is 0 Å². The smallest absolute Gasteiger partial charge is 0.243 e. The molecule has 0 radical (unpaired) electrons. The molecule has 0 aliphatic carbocycles. The van der Waals surface area contributed by atoms with Crippen LogP contribution in [0.4, 0.5) is 0 Å². The number of rotatable bonds is 6. The van der Waals surface area contributed by atoms with Crippen LogP contribution in [0.3, 0.4) is 0 Å². The molecule has 2 heterocycles. The van der Waals surface area contributed by atoms with E-state index < -0.39 is 12.1 Å². The van der Waals surface area contributed by atoms with E-state index in [0.717, 1.165) is 16.7 Å². The molecule has 3 aromatic rings. The van der Waals surface area contributed by atoms with Gasteiger partial charge in [0.15, 0.2) is 0 Å². The molecule has 2 atom stereocenters. The first-order valence-electron chi connectivity index (χ1n) is 10.3. The van der Waals surface area contributed by atoms with Gasteiger partial charge in [-0.1, -0.05) is 59.8 Å². The number of nitrogens with one attached hydrogen (secondary N) is 1. The summed E-state index contributed by atoms with van der Waals surface area (Å²) in [5.41, 5.74) is 3.89. The maximum Gasteiger partial charge on any atom is 0.243 e. The Morgan fingerprint density at radius 3 is 2.52 bits per heavy atom. The largest absolute Gasteiger partial charge is 0.391 e. The van der Waals surface area contributed by atoms with E-state index in [1.54, 1.807) is 13.0 Å². The summed E-state index contributed by atoms with van der Waals surface area (Å²) in [5.74, 6) is -0.0904. The van der Waals surface area contributed by atoms with Crippen LogP contribution in [0.15, 0.2) is 65.2 Å². The highest BCUT2D eigenvalue weighted by Crippen LogP contribution is 2.21. The summed E-state index contributed by atoms with van der Waals surface area (Å²) in [6.07, 6.45) is -0.487. The number of carbonyl (C=O) groups excluding carboxylic acids is 2. The zero-order valence-corrected chi connectivity index (χ0v) is 17.3. The predicted molar refractivity (Wildman–Crippen MR) is 115 cm³/mol. The van der Waals surface area contributed by atoms with Crippen LogP contribution in [-0.2, 0) is 22.6 Å². The molecule has 2 aromatic carbocycles. The molecule has 0 saturated carbocycles. The summed E-state index contributed by atoms with van der Waals surface area (Å²) < 4.78 is 5.10. The fourth-order valence-corrected chi connectivity index (χ4v) is 3.84. The SMILES string of the molecule is Cc1cc(CC(=O)N2C[C@H](O)CC2C(=O)NCc2ccc(-c3ccccc3)cc2)on1. The average Bonchev–Trinajstić information content (AvgIpc) is 3.38. The lowest BCUT2D eigenvalue weighted by Crippen LogP contribution is -2.46. The minimum atomic E-state index is -0.721. The molecule has 1 aromatic heterocycles. The van der Waals surface area contributed by atoms with E-state index in [9.17, 15) is 14.7 Å². The van der Waals surface area contributed by atoms with Crippen LogP contribution in [0.2, 0.25) is 0 Å². The Hall–Kier alpha value is -3.45. The number of aliphatic hydroxyl groups excluding tert-OH is 1. The fourth-order valence-electron chi connectivity index (χ4n) is 3.84. The monoisotopic (exact) mass is 419 g/mol. The molecular formula is C24H25N3O4. The number of aliphatic hydroxyl groups is 1. The minimum Gasteiger partial charge on any atom is -0.391 e. The molecule has 160 valence electrons. The standard InChI is InChI=1S/C24H25N3O4/c1-16-11-21(31-26-16)13-23(29)27-15-20(28)12-22(27)24(30)25-14-17-7-9-19(10-8-17)18-5-3-2-4-6-18/h2-11,20,22,28H,12-15H2,1H3,(H,25,30)/t20-,22?/m1/s1. The number of amides is 2. The molecule has 2 amide bonds. The molecular weight excluding hydrogens is 394 g/mol. The zero-order valence-electron chi connectivity index (χ0n) is 17.3. The molecule has 7 nitrogen and oxygen atoms in total. The van der Waals surface area contributed by atoms with Crippen molar-refractivity contribution in [1.29, 1.82) is 0 Å². The van der Waals surface area contributed by atoms with Crippen molar-refractivity contribution in [2.24, 2.45) is 0 Å². The maximum absolute atomic E-state index is 12.8. The second-order valence-corrected chi connectivity index (χ2v) is 7.84. The molecule has 0 bridgehead atoms. The third-order valence-corrected chi connectivity index (χ3v) is 5.43. The number of β-amino-alcohol motifs (C(OH)–C–C–N with tert-alkyl or cyclic N) is 1. The van der Waals surface area contributed by atoms with Gasteiger partial charge < -0.3 is 19.8 Å². The molecule has 1 aliphatic rings. The Balaban J connectivity index is 1.36. The van der Waals surface area contributed by atoms with E-state index in [2.05, 4.69) is 10.5 Å². The summed E-state index contributed by atoms with van der Waals surface area (Å²) in [6.45, 7) is 2.26. The van der Waals surface area contributed by atoms with Crippen LogP contribution in [0.25, 0.3) is 11.1 Å². The van der Waals surface area contributed by atoms with Crippen molar-refractivity contribution in [2.45, 2.75) is 38.5 Å². The van der Waals surface area contributed by atoms with Gasteiger partial charge in [0.1, 0.15) is 11.8 Å². The van der Waals surface area contributed by atoms with E-state index in [-0.39, 0.29) is 31.2 Å². The summed E-state index contributed by atoms with van der Waals surface area (Å²) in [7, 11) is 0. The number of hydrogen-bond donors (Lipinski definition) is 2. The highest BCUT2D eigenvalue weighted by atomic mass is 16.5. The second-order valence-electron chi connectivity index (χ2n) is 7.84. The van der Waals surface area contributed by atoms with Crippen molar-refractivity contribution in [2.75, 3.05) is 6.54 Å². The average molecular weight is 419 g/mol. The number of hydrogen-bond acceptors (Lipinski definition) is 5. The topological polar surface area (TPSA) is 95.7 Å². The Labute approximate surface area is 180 Å². The lowest BCUT2D eigenvalue weighted by atomic mass is 10.0. The summed E-state index contributed by atoms with van der Waals surface area (Å²) >= 11 is 0. The van der Waals surface area contributed by atoms with Gasteiger partial charge in [-0.3, -0.25) is 9.59 Å². The first-order valence-corrected chi connectivity index (χ1v) is 10.3. The zero-order chi connectivity index (χ0) is 21.8. The molecule has 1 aliphatic heterocycles. The van der Waals surface area contributed by atoms with Crippen LogP contribution in [0.1, 0.15) is 23.4 Å². The third kappa shape index (κ3) is 5.00. The van der Waals surface area contributed by atoms with Crippen molar-refractivity contribution in [3.8, 4) is 11.1 Å². The molecule has 1 unspecified atom stereocenters. The number of nitrogens with zero attached hydrogens (tertiary/aromatic N) is 2. The minimum absolute atomic E-state index is 0.0122. The molecule has 1 saturated heterocycles. The van der Waals surface area contributed by atoms with Crippen molar-refractivity contribution in [3.05, 3.63) is 77.7 Å². The number of aryl methyl sites for hydroxylation is 1. The van der Waals surface area contributed by atoms with E-state index in [4.69, 9.17) is 4.52 Å². The summed E-state index contributed by atoms with van der Waals surface area (Å²) in [5, 5.41) is 16.7. The molecule has 31 heavy (non-hydrogen) atoms. The molecule has 0 spiro atoms. The van der Waals surface area contributed by atoms with Gasteiger partial charge in [-0.15, -0.1) is 0 Å². The van der Waals surface area contributed by atoms with Gasteiger partial charge in [0.25, 0.3) is 0 Å². The van der Waals surface area contributed by atoms with Crippen molar-refractivity contribution in [1.82, 2.24) is 15.4 Å². The number of carbonyl (C=O) groups is 2. The predicted octanol–water partition coefficient (Wildman–Crippen LogP) is 2.47. The first-order chi connectivity index (χ1) is 15.0. The van der Waals surface area contributed by atoms with Crippen LogP contribution < -0.4 is 5.32 Å². The van der Waals surface area contributed by atoms with Gasteiger partial charge in [0.2, 0.25) is 11.8 Å². The molecule has 4 rings (SSSR count). The number of aromatic nitrogens is 1. The summed E-state index contributed by atoms with van der Waals surface area (Å²) in [6, 6.07) is 19.1. The Bertz CT molecular complexity index is 1050. The van der Waals surface area contributed by atoms with Crippen molar-refractivity contribution < 1.29 is 19.2 Å². The van der Waals surface area contributed by atoms with E-state index in [0.29, 0.717) is 18.0 Å². The maximum atomic E-state index is 12.8. The number of likely N-dealkylation sites (tertiary alicyclic amines) is 1. The molecule has 7 heteroatoms. The van der Waals surface area contributed by atoms with Crippen LogP contribution in [-0.4, -0.2) is 45.7 Å². The highest BCUT2D eigenvalue weighted by molar-refractivity contribution is 5.89. The third-order valence-electron chi connectivity index (χ3n) is 5.43. The van der Waals surface area contributed by atoms with E-state index in [1.165, 1.54) is 4.90 Å². The Morgan fingerprint density at radius 1 is 1.13 bits per heavy atom. The summed E-state index contributed by atoms with van der Waals surface area (Å²) in [4.78, 5) is 26.9. The number of benzene rings is 2. The quantitative estimate of drug-likeness (QED) is 0.640. The van der Waals surface area contributed by atoms with Gasteiger partial charge in [-0.25, -0.2) is 0 Å². The van der Waals surface area contributed by atoms with Gasteiger partial charge in [0, 0.05) is 25.6 Å². The van der Waals surface area contributed by atoms with E-state index >= 15 is 0 Å². The van der Waals surface area contributed by atoms with Crippen molar-refractivity contribution >= 4 is 11.8 Å². The van der Waals surface area contributed by atoms with Crippen LogP contribution >= 0.6 is 0 Å². The normalized spacial score (nSPS) is 18.2. The first kappa shape index (κ1) is 20.8. The fraction of sp³-hybridized carbons (Fsp3) is 0.292. The van der Waals surface area contributed by atoms with Gasteiger partial charge in [-0.05, 0) is 23.6 Å². The molecule has 2 N–H and O–H groups in total. The van der Waals surface area contributed by atoms with Gasteiger partial charge >= 0.3 is 0 Å². The lowest BCUT2D eigenvalue weighted by Gasteiger charge is -2.23.